The number of anilines is 2. The van der Waals surface area contributed by atoms with Gasteiger partial charge >= 0.3 is 5.69 Å². The van der Waals surface area contributed by atoms with Crippen molar-refractivity contribution in [3.8, 4) is 0 Å². The third-order valence-electron chi connectivity index (χ3n) is 3.65. The van der Waals surface area contributed by atoms with Crippen LogP contribution in [0.2, 0.25) is 0 Å². The number of nitrogens with one attached hydrogen (secondary N) is 2. The molecule has 8 nitrogen and oxygen atoms in total. The van der Waals surface area contributed by atoms with Crippen LogP contribution < -0.4 is 16.3 Å². The number of methoxy groups -OCH3 is 1. The van der Waals surface area contributed by atoms with Crippen LogP contribution in [-0.2, 0) is 11.3 Å². The summed E-state index contributed by atoms with van der Waals surface area (Å²) >= 11 is 0. The molecule has 2 aromatic heterocycles. The van der Waals surface area contributed by atoms with E-state index in [-0.39, 0.29) is 5.65 Å². The van der Waals surface area contributed by atoms with Gasteiger partial charge in [0, 0.05) is 32.1 Å². The molecule has 130 valence electrons. The van der Waals surface area contributed by atoms with Crippen LogP contribution in [0.15, 0.2) is 47.4 Å². The van der Waals surface area contributed by atoms with Crippen LogP contribution in [0.3, 0.4) is 0 Å². The molecular weight excluding hydrogens is 322 g/mol. The van der Waals surface area contributed by atoms with Crippen molar-refractivity contribution < 1.29 is 9.94 Å². The topological polar surface area (TPSA) is 101 Å². The fourth-order valence-corrected chi connectivity index (χ4v) is 2.45. The van der Waals surface area contributed by atoms with Crippen molar-refractivity contribution in [1.82, 2.24) is 14.7 Å². The molecule has 0 spiro atoms. The summed E-state index contributed by atoms with van der Waals surface area (Å²) < 4.78 is 5.47. The number of fused-ring (bicyclic) bond motifs is 1. The molecule has 3 rings (SSSR count). The molecule has 0 aliphatic heterocycles. The Balaban J connectivity index is 1.78. The van der Waals surface area contributed by atoms with Crippen LogP contribution in [0.4, 0.5) is 11.5 Å². The maximum atomic E-state index is 11.8. The number of hydrogen-bond donors (Lipinski definition) is 3. The van der Waals surface area contributed by atoms with E-state index in [9.17, 15) is 10.0 Å². The number of ether oxygens (including phenoxy) is 1. The summed E-state index contributed by atoms with van der Waals surface area (Å²) in [6.45, 7) is 1.83. The Kier molecular flexibility index (Phi) is 5.10. The molecule has 0 atom stereocenters. The quantitative estimate of drug-likeness (QED) is 0.444. The number of benzene rings is 1. The van der Waals surface area contributed by atoms with Crippen molar-refractivity contribution in [3.63, 3.8) is 0 Å². The fraction of sp³-hybridized carbons (Fsp3) is 0.235. The molecule has 8 heteroatoms. The van der Waals surface area contributed by atoms with Gasteiger partial charge in [-0.3, -0.25) is 0 Å². The van der Waals surface area contributed by atoms with E-state index in [1.165, 1.54) is 6.20 Å². The van der Waals surface area contributed by atoms with Gasteiger partial charge in [-0.15, -0.1) is 4.73 Å². The average Bonchev–Trinajstić information content (AvgIpc) is 2.64. The summed E-state index contributed by atoms with van der Waals surface area (Å²) in [4.78, 5) is 19.7. The van der Waals surface area contributed by atoms with Crippen LogP contribution in [0.5, 0.6) is 0 Å². The minimum atomic E-state index is -0.774. The highest BCUT2D eigenvalue weighted by molar-refractivity contribution is 5.86. The Labute approximate surface area is 144 Å². The minimum Gasteiger partial charge on any atom is -0.422 e. The maximum Gasteiger partial charge on any atom is 0.384 e. The number of aromatic nitrogens is 3. The van der Waals surface area contributed by atoms with Crippen LogP contribution >= 0.6 is 0 Å². The predicted molar refractivity (Wildman–Crippen MR) is 95.1 cm³/mol. The Bertz CT molecular complexity index is 926. The monoisotopic (exact) mass is 341 g/mol. The lowest BCUT2D eigenvalue weighted by Gasteiger charge is -2.11. The van der Waals surface area contributed by atoms with Gasteiger partial charge in [0.05, 0.1) is 12.0 Å². The Morgan fingerprint density at radius 1 is 1.24 bits per heavy atom. The largest absolute Gasteiger partial charge is 0.422 e. The zero-order valence-corrected chi connectivity index (χ0v) is 13.8. The molecule has 0 saturated heterocycles. The Hall–Kier alpha value is -3.13. The Morgan fingerprint density at radius 2 is 2.12 bits per heavy atom. The summed E-state index contributed by atoms with van der Waals surface area (Å²) in [5.41, 5.74) is 1.40. The van der Waals surface area contributed by atoms with Gasteiger partial charge in [-0.2, -0.15) is 4.98 Å². The van der Waals surface area contributed by atoms with Crippen LogP contribution in [0.1, 0.15) is 5.56 Å². The summed E-state index contributed by atoms with van der Waals surface area (Å²) in [6, 6.07) is 11.4. The zero-order chi connectivity index (χ0) is 17.6. The molecular formula is C17H19N5O3. The van der Waals surface area contributed by atoms with Crippen molar-refractivity contribution in [2.45, 2.75) is 6.54 Å². The average molecular weight is 341 g/mol. The molecule has 1 aromatic carbocycles. The van der Waals surface area contributed by atoms with E-state index in [2.05, 4.69) is 20.6 Å². The second-order valence-corrected chi connectivity index (χ2v) is 5.40. The highest BCUT2D eigenvalue weighted by atomic mass is 16.5. The van der Waals surface area contributed by atoms with Gasteiger partial charge in [0.1, 0.15) is 5.82 Å². The SMILES string of the molecule is COCCNc1cccc(CNc2nc(=O)n(O)c3ncccc23)c1. The van der Waals surface area contributed by atoms with Crippen molar-refractivity contribution in [3.05, 3.63) is 58.6 Å². The van der Waals surface area contributed by atoms with E-state index in [4.69, 9.17) is 4.74 Å². The maximum absolute atomic E-state index is 11.8. The number of rotatable bonds is 7. The van der Waals surface area contributed by atoms with E-state index in [0.29, 0.717) is 29.1 Å². The van der Waals surface area contributed by atoms with Gasteiger partial charge in [-0.25, -0.2) is 9.78 Å². The third-order valence-corrected chi connectivity index (χ3v) is 3.65. The highest BCUT2D eigenvalue weighted by Crippen LogP contribution is 2.18. The molecule has 2 heterocycles. The lowest BCUT2D eigenvalue weighted by molar-refractivity contribution is 0.182. The molecule has 0 radical (unpaired) electrons. The van der Waals surface area contributed by atoms with E-state index < -0.39 is 5.69 Å². The van der Waals surface area contributed by atoms with Crippen LogP contribution in [-0.4, -0.2) is 40.2 Å². The third kappa shape index (κ3) is 3.86. The van der Waals surface area contributed by atoms with E-state index in [0.717, 1.165) is 17.8 Å². The number of nitrogens with zero attached hydrogens (tertiary/aromatic N) is 3. The second kappa shape index (κ2) is 7.63. The van der Waals surface area contributed by atoms with Crippen LogP contribution in [0.25, 0.3) is 11.0 Å². The van der Waals surface area contributed by atoms with Gasteiger partial charge in [-0.05, 0) is 29.8 Å². The molecule has 0 bridgehead atoms. The molecule has 0 fully saturated rings. The number of pyridine rings is 1. The van der Waals surface area contributed by atoms with Crippen molar-refractivity contribution in [1.29, 1.82) is 0 Å². The first-order chi connectivity index (χ1) is 12.2. The molecule has 0 aliphatic rings. The number of hydrogen-bond acceptors (Lipinski definition) is 7. The molecule has 0 unspecified atom stereocenters. The first kappa shape index (κ1) is 16.7. The van der Waals surface area contributed by atoms with Crippen molar-refractivity contribution in [2.75, 3.05) is 30.9 Å². The van der Waals surface area contributed by atoms with Crippen LogP contribution in [0, 0.1) is 0 Å². The lowest BCUT2D eigenvalue weighted by atomic mass is 10.2. The highest BCUT2D eigenvalue weighted by Gasteiger charge is 2.10. The lowest BCUT2D eigenvalue weighted by Crippen LogP contribution is -2.23. The predicted octanol–water partition coefficient (Wildman–Crippen LogP) is 1.70. The van der Waals surface area contributed by atoms with E-state index in [1.807, 2.05) is 24.3 Å². The molecule has 0 aliphatic carbocycles. The molecule has 0 saturated carbocycles. The van der Waals surface area contributed by atoms with Crippen molar-refractivity contribution in [2.24, 2.45) is 0 Å². The minimum absolute atomic E-state index is 0.167. The van der Waals surface area contributed by atoms with Gasteiger partial charge in [-0.1, -0.05) is 12.1 Å². The molecule has 25 heavy (non-hydrogen) atoms. The first-order valence-electron chi connectivity index (χ1n) is 7.81. The van der Waals surface area contributed by atoms with Gasteiger partial charge in [0.2, 0.25) is 0 Å². The van der Waals surface area contributed by atoms with Gasteiger partial charge in [0.15, 0.2) is 5.65 Å². The first-order valence-corrected chi connectivity index (χ1v) is 7.81. The summed E-state index contributed by atoms with van der Waals surface area (Å²) in [5.74, 6) is 0.385. The van der Waals surface area contributed by atoms with Crippen molar-refractivity contribution >= 4 is 22.5 Å². The van der Waals surface area contributed by atoms with E-state index >= 15 is 0 Å². The smallest absolute Gasteiger partial charge is 0.384 e. The second-order valence-electron chi connectivity index (χ2n) is 5.40. The summed E-state index contributed by atoms with van der Waals surface area (Å²) in [7, 11) is 1.66. The fourth-order valence-electron chi connectivity index (χ4n) is 2.45. The normalized spacial score (nSPS) is 10.8. The summed E-state index contributed by atoms with van der Waals surface area (Å²) in [5, 5.41) is 16.7. The van der Waals surface area contributed by atoms with Gasteiger partial charge < -0.3 is 20.6 Å². The summed E-state index contributed by atoms with van der Waals surface area (Å²) in [6.07, 6.45) is 1.51. The molecule has 3 N–H and O–H groups in total. The van der Waals surface area contributed by atoms with E-state index in [1.54, 1.807) is 19.2 Å². The standard InChI is InChI=1S/C17H19N5O3/c1-25-9-8-18-13-5-2-4-12(10-13)11-20-15-14-6-3-7-19-16(14)22(24)17(23)21-15/h2-7,10,18,24H,8-9,11H2,1H3,(H,20,21,23). The molecule has 0 amide bonds. The zero-order valence-electron chi connectivity index (χ0n) is 13.8. The van der Waals surface area contributed by atoms with Gasteiger partial charge in [0.25, 0.3) is 0 Å². The molecule has 3 aromatic rings. The Morgan fingerprint density at radius 3 is 2.96 bits per heavy atom.